The first kappa shape index (κ1) is 33.1. The van der Waals surface area contributed by atoms with Crippen LogP contribution < -0.4 is 0 Å². The van der Waals surface area contributed by atoms with Gasteiger partial charge in [-0.25, -0.2) is 15.0 Å². The third kappa shape index (κ3) is 5.78. The fraction of sp³-hybridized carbons (Fsp3) is 0. The second kappa shape index (κ2) is 13.8. The summed E-state index contributed by atoms with van der Waals surface area (Å²) in [6.07, 6.45) is 0. The van der Waals surface area contributed by atoms with Crippen LogP contribution >= 0.6 is 11.3 Å². The molecule has 11 rings (SSSR count). The molecule has 0 aliphatic carbocycles. The molecule has 266 valence electrons. The summed E-state index contributed by atoms with van der Waals surface area (Å²) in [7, 11) is 0. The Balaban J connectivity index is 1.18. The van der Waals surface area contributed by atoms with Crippen LogP contribution in [-0.4, -0.2) is 15.0 Å². The zero-order valence-corrected chi connectivity index (χ0v) is 31.6. The van der Waals surface area contributed by atoms with Gasteiger partial charge in [0.15, 0.2) is 17.5 Å². The fourth-order valence-electron chi connectivity index (χ4n) is 8.27. The van der Waals surface area contributed by atoms with Gasteiger partial charge in [0.2, 0.25) is 0 Å². The Morgan fingerprint density at radius 3 is 1.65 bits per heavy atom. The number of rotatable bonds is 6. The molecule has 4 heteroatoms. The van der Waals surface area contributed by atoms with E-state index in [-0.39, 0.29) is 0 Å². The largest absolute Gasteiger partial charge is 0.208 e. The molecule has 0 saturated heterocycles. The first-order valence-corrected chi connectivity index (χ1v) is 20.0. The molecule has 3 nitrogen and oxygen atoms in total. The fourth-order valence-corrected chi connectivity index (χ4v) is 9.48. The van der Waals surface area contributed by atoms with Crippen molar-refractivity contribution in [2.75, 3.05) is 0 Å². The molecular weight excluding hydrogens is 711 g/mol. The lowest BCUT2D eigenvalue weighted by Gasteiger charge is -2.16. The molecule has 0 unspecified atom stereocenters. The van der Waals surface area contributed by atoms with Crippen LogP contribution in [0.5, 0.6) is 0 Å². The number of benzene rings is 9. The van der Waals surface area contributed by atoms with Crippen LogP contribution in [0.1, 0.15) is 0 Å². The van der Waals surface area contributed by atoms with E-state index in [4.69, 9.17) is 15.0 Å². The molecule has 0 saturated carbocycles. The van der Waals surface area contributed by atoms with Gasteiger partial charge in [-0.2, -0.15) is 0 Å². The number of nitrogens with zero attached hydrogens (tertiary/aromatic N) is 3. The summed E-state index contributed by atoms with van der Waals surface area (Å²) >= 11 is 1.79. The average molecular weight is 744 g/mol. The Kier molecular flexibility index (Phi) is 8.01. The lowest BCUT2D eigenvalue weighted by Crippen LogP contribution is -2.02. The normalized spacial score (nSPS) is 11.5. The molecule has 2 heterocycles. The highest BCUT2D eigenvalue weighted by atomic mass is 32.1. The second-order valence-corrected chi connectivity index (χ2v) is 15.4. The predicted octanol–water partition coefficient (Wildman–Crippen LogP) is 14.5. The minimum atomic E-state index is 0.640. The monoisotopic (exact) mass is 743 g/mol. The number of thiophene rings is 1. The lowest BCUT2D eigenvalue weighted by atomic mass is 9.92. The van der Waals surface area contributed by atoms with E-state index in [2.05, 4.69) is 200 Å². The molecule has 0 bridgehead atoms. The molecule has 0 aliphatic rings. The zero-order chi connectivity index (χ0) is 37.7. The molecule has 0 amide bonds. The standard InChI is InChI=1S/C53H33N3S/c1-3-15-34(16-4-1)37-20-13-21-38(33-37)39-31-32-46(43-24-10-9-23-42(39)43)51-54-52(47-27-14-26-45-44-25-11-12-28-48(44)57-50(45)47)56-53(55-51)49-40-22-8-7-19-36(40)29-30-41(49)35-17-5-2-6-18-35/h1-33H. The summed E-state index contributed by atoms with van der Waals surface area (Å²) in [6.45, 7) is 0. The molecule has 9 aromatic carbocycles. The second-order valence-electron chi connectivity index (χ2n) is 14.3. The van der Waals surface area contributed by atoms with Crippen molar-refractivity contribution in [1.82, 2.24) is 15.0 Å². The van der Waals surface area contributed by atoms with Crippen LogP contribution in [0.15, 0.2) is 200 Å². The highest BCUT2D eigenvalue weighted by molar-refractivity contribution is 7.26. The van der Waals surface area contributed by atoms with Crippen LogP contribution in [0.2, 0.25) is 0 Å². The van der Waals surface area contributed by atoms with E-state index in [9.17, 15) is 0 Å². The Labute approximate surface area is 334 Å². The molecule has 0 fully saturated rings. The summed E-state index contributed by atoms with van der Waals surface area (Å²) in [6, 6.07) is 71.0. The maximum Gasteiger partial charge on any atom is 0.165 e. The van der Waals surface area contributed by atoms with Crippen molar-refractivity contribution in [2.45, 2.75) is 0 Å². The maximum atomic E-state index is 5.45. The van der Waals surface area contributed by atoms with Crippen LogP contribution in [0.3, 0.4) is 0 Å². The van der Waals surface area contributed by atoms with Gasteiger partial charge in [0, 0.05) is 36.9 Å². The van der Waals surface area contributed by atoms with Gasteiger partial charge < -0.3 is 0 Å². The molecule has 57 heavy (non-hydrogen) atoms. The van der Waals surface area contributed by atoms with E-state index in [0.29, 0.717) is 17.5 Å². The minimum Gasteiger partial charge on any atom is -0.208 e. The van der Waals surface area contributed by atoms with Gasteiger partial charge in [-0.1, -0.05) is 176 Å². The molecule has 0 spiro atoms. The zero-order valence-electron chi connectivity index (χ0n) is 30.8. The van der Waals surface area contributed by atoms with Crippen molar-refractivity contribution in [2.24, 2.45) is 0 Å². The van der Waals surface area contributed by atoms with E-state index in [0.717, 1.165) is 60.5 Å². The number of hydrogen-bond acceptors (Lipinski definition) is 4. The number of fused-ring (bicyclic) bond motifs is 5. The van der Waals surface area contributed by atoms with Crippen molar-refractivity contribution in [1.29, 1.82) is 0 Å². The van der Waals surface area contributed by atoms with Crippen molar-refractivity contribution in [3.63, 3.8) is 0 Å². The van der Waals surface area contributed by atoms with Gasteiger partial charge in [-0.15, -0.1) is 11.3 Å². The Morgan fingerprint density at radius 2 is 0.842 bits per heavy atom. The molecule has 0 N–H and O–H groups in total. The van der Waals surface area contributed by atoms with Gasteiger partial charge >= 0.3 is 0 Å². The Hall–Kier alpha value is -7.27. The third-order valence-electron chi connectivity index (χ3n) is 11.0. The van der Waals surface area contributed by atoms with Crippen molar-refractivity contribution in [3.8, 4) is 67.5 Å². The van der Waals surface area contributed by atoms with Crippen molar-refractivity contribution >= 4 is 53.1 Å². The highest BCUT2D eigenvalue weighted by Crippen LogP contribution is 2.43. The Bertz CT molecular complexity index is 3300. The summed E-state index contributed by atoms with van der Waals surface area (Å²) in [5.41, 5.74) is 9.86. The molecular formula is C53H33N3S. The first-order valence-electron chi connectivity index (χ1n) is 19.2. The quantitative estimate of drug-likeness (QED) is 0.170. The van der Waals surface area contributed by atoms with E-state index in [1.54, 1.807) is 11.3 Å². The Morgan fingerprint density at radius 1 is 0.298 bits per heavy atom. The predicted molar refractivity (Wildman–Crippen MR) is 240 cm³/mol. The van der Waals surface area contributed by atoms with Crippen LogP contribution in [-0.2, 0) is 0 Å². The topological polar surface area (TPSA) is 38.7 Å². The molecule has 0 aliphatic heterocycles. The third-order valence-corrected chi connectivity index (χ3v) is 12.2. The van der Waals surface area contributed by atoms with Crippen LogP contribution in [0.25, 0.3) is 109 Å². The molecule has 0 atom stereocenters. The highest BCUT2D eigenvalue weighted by Gasteiger charge is 2.21. The van der Waals surface area contributed by atoms with Gasteiger partial charge in [0.05, 0.1) is 0 Å². The molecule has 11 aromatic rings. The summed E-state index contributed by atoms with van der Waals surface area (Å²) in [5.74, 6) is 1.94. The van der Waals surface area contributed by atoms with E-state index < -0.39 is 0 Å². The van der Waals surface area contributed by atoms with Crippen molar-refractivity contribution in [3.05, 3.63) is 200 Å². The number of hydrogen-bond donors (Lipinski definition) is 0. The molecule has 2 aromatic heterocycles. The van der Waals surface area contributed by atoms with E-state index >= 15 is 0 Å². The SMILES string of the molecule is c1ccc(-c2cccc(-c3ccc(-c4nc(-c5c(-c6ccccc6)ccc6ccccc56)nc(-c5cccc6c5sc5ccccc56)n4)c4ccccc34)c2)cc1. The van der Waals surface area contributed by atoms with Gasteiger partial charge in [-0.3, -0.25) is 0 Å². The van der Waals surface area contributed by atoms with Crippen LogP contribution in [0.4, 0.5) is 0 Å². The summed E-state index contributed by atoms with van der Waals surface area (Å²) in [5, 5.41) is 6.91. The maximum absolute atomic E-state index is 5.45. The summed E-state index contributed by atoms with van der Waals surface area (Å²) in [4.78, 5) is 16.3. The minimum absolute atomic E-state index is 0.640. The lowest BCUT2D eigenvalue weighted by molar-refractivity contribution is 1.08. The number of aromatic nitrogens is 3. The van der Waals surface area contributed by atoms with E-state index in [1.165, 1.54) is 31.3 Å². The van der Waals surface area contributed by atoms with Crippen molar-refractivity contribution < 1.29 is 0 Å². The van der Waals surface area contributed by atoms with Gasteiger partial charge in [0.1, 0.15) is 0 Å². The molecule has 0 radical (unpaired) electrons. The summed E-state index contributed by atoms with van der Waals surface area (Å²) < 4.78 is 2.41. The van der Waals surface area contributed by atoms with E-state index in [1.807, 2.05) is 0 Å². The van der Waals surface area contributed by atoms with Gasteiger partial charge in [-0.05, 0) is 79.2 Å². The first-order chi connectivity index (χ1) is 28.3. The van der Waals surface area contributed by atoms with Crippen LogP contribution in [0, 0.1) is 0 Å². The van der Waals surface area contributed by atoms with Gasteiger partial charge in [0.25, 0.3) is 0 Å². The average Bonchev–Trinajstić information content (AvgIpc) is 3.68. The smallest absolute Gasteiger partial charge is 0.165 e.